The Bertz CT molecular complexity index is 1030. The fraction of sp³-hybridized carbons (Fsp3) is 0.500. The number of carbonyl (C=O) groups excluding carboxylic acids is 2. The van der Waals surface area contributed by atoms with Gasteiger partial charge in [0.25, 0.3) is 11.5 Å². The van der Waals surface area contributed by atoms with Crippen LogP contribution in [0.15, 0.2) is 47.4 Å². The molecule has 0 bridgehead atoms. The third kappa shape index (κ3) is 5.90. The first kappa shape index (κ1) is 23.2. The number of nitrogens with zero attached hydrogens (tertiary/aromatic N) is 4. The van der Waals surface area contributed by atoms with Crippen LogP contribution in [0.4, 0.5) is 0 Å². The summed E-state index contributed by atoms with van der Waals surface area (Å²) < 4.78 is 1.60. The maximum atomic E-state index is 13.1. The summed E-state index contributed by atoms with van der Waals surface area (Å²) in [4.78, 5) is 44.6. The van der Waals surface area contributed by atoms with Gasteiger partial charge in [0.1, 0.15) is 5.56 Å². The van der Waals surface area contributed by atoms with E-state index < -0.39 is 0 Å². The Morgan fingerprint density at radius 1 is 0.848 bits per heavy atom. The zero-order chi connectivity index (χ0) is 23.2. The number of rotatable bonds is 5. The minimum Gasteiger partial charge on any atom is -0.342 e. The lowest BCUT2D eigenvalue weighted by molar-refractivity contribution is -0.132. The number of benzene rings is 1. The molecule has 0 spiro atoms. The van der Waals surface area contributed by atoms with Gasteiger partial charge in [-0.2, -0.15) is 0 Å². The summed E-state index contributed by atoms with van der Waals surface area (Å²) >= 11 is 0. The second kappa shape index (κ2) is 10.8. The topological polar surface area (TPSA) is 65.9 Å². The van der Waals surface area contributed by atoms with Crippen molar-refractivity contribution in [1.82, 2.24) is 19.3 Å². The molecule has 2 fully saturated rings. The van der Waals surface area contributed by atoms with Crippen molar-refractivity contribution < 1.29 is 9.59 Å². The van der Waals surface area contributed by atoms with Crippen LogP contribution in [0.3, 0.4) is 0 Å². The Hall–Kier alpha value is -2.93. The standard InChI is InChI=1S/C26H34N4O3/c1-21-8-6-9-22(18-21)19-30-13-7-10-23(26(30)33)25(32)29-16-14-27(15-17-29)20-24(31)28-11-4-2-3-5-12-28/h6-10,13,18H,2-5,11-12,14-17,19-20H2,1H3. The molecule has 0 radical (unpaired) electrons. The van der Waals surface area contributed by atoms with E-state index in [2.05, 4.69) is 4.90 Å². The van der Waals surface area contributed by atoms with Crippen LogP contribution >= 0.6 is 0 Å². The molecule has 0 atom stereocenters. The normalized spacial score (nSPS) is 17.6. The second-order valence-electron chi connectivity index (χ2n) is 9.21. The first-order valence-electron chi connectivity index (χ1n) is 12.1. The van der Waals surface area contributed by atoms with Crippen LogP contribution in [0.5, 0.6) is 0 Å². The summed E-state index contributed by atoms with van der Waals surface area (Å²) in [7, 11) is 0. The third-order valence-electron chi connectivity index (χ3n) is 6.66. The average molecular weight is 451 g/mol. The van der Waals surface area contributed by atoms with Crippen molar-refractivity contribution in [2.24, 2.45) is 0 Å². The van der Waals surface area contributed by atoms with Crippen molar-refractivity contribution in [3.05, 3.63) is 69.6 Å². The van der Waals surface area contributed by atoms with E-state index in [4.69, 9.17) is 0 Å². The molecule has 33 heavy (non-hydrogen) atoms. The lowest BCUT2D eigenvalue weighted by Gasteiger charge is -2.35. The summed E-state index contributed by atoms with van der Waals surface area (Å²) in [6.07, 6.45) is 6.32. The van der Waals surface area contributed by atoms with Crippen molar-refractivity contribution in [2.45, 2.75) is 39.2 Å². The van der Waals surface area contributed by atoms with Gasteiger partial charge >= 0.3 is 0 Å². The Balaban J connectivity index is 1.35. The molecule has 7 heteroatoms. The van der Waals surface area contributed by atoms with Crippen LogP contribution in [0.25, 0.3) is 0 Å². The lowest BCUT2D eigenvalue weighted by atomic mass is 10.1. The molecule has 1 aromatic heterocycles. The summed E-state index contributed by atoms with van der Waals surface area (Å²) in [5, 5.41) is 0. The van der Waals surface area contributed by atoms with E-state index in [1.165, 1.54) is 12.8 Å². The largest absolute Gasteiger partial charge is 0.342 e. The van der Waals surface area contributed by atoms with Gasteiger partial charge in [-0.25, -0.2) is 0 Å². The number of piperazine rings is 1. The van der Waals surface area contributed by atoms with Gasteiger partial charge < -0.3 is 14.4 Å². The first-order chi connectivity index (χ1) is 16.0. The van der Waals surface area contributed by atoms with Gasteiger partial charge in [0.15, 0.2) is 0 Å². The molecule has 3 heterocycles. The lowest BCUT2D eigenvalue weighted by Crippen LogP contribution is -2.52. The number of aryl methyl sites for hydroxylation is 1. The highest BCUT2D eigenvalue weighted by Gasteiger charge is 2.26. The molecule has 7 nitrogen and oxygen atoms in total. The van der Waals surface area contributed by atoms with Crippen molar-refractivity contribution in [3.63, 3.8) is 0 Å². The highest BCUT2D eigenvalue weighted by Crippen LogP contribution is 2.12. The summed E-state index contributed by atoms with van der Waals surface area (Å²) in [5.74, 6) is -0.0316. The third-order valence-corrected chi connectivity index (χ3v) is 6.66. The molecule has 0 N–H and O–H groups in total. The number of carbonyl (C=O) groups is 2. The van der Waals surface area contributed by atoms with E-state index in [-0.39, 0.29) is 22.9 Å². The Kier molecular flexibility index (Phi) is 7.60. The fourth-order valence-electron chi connectivity index (χ4n) is 4.72. The number of likely N-dealkylation sites (tertiary alicyclic amines) is 1. The smallest absolute Gasteiger partial charge is 0.263 e. The average Bonchev–Trinajstić information content (AvgIpc) is 3.10. The van der Waals surface area contributed by atoms with Crippen LogP contribution in [-0.2, 0) is 11.3 Å². The number of aromatic nitrogens is 1. The Morgan fingerprint density at radius 3 is 2.27 bits per heavy atom. The molecule has 0 unspecified atom stereocenters. The van der Waals surface area contributed by atoms with Gasteiger partial charge in [-0.1, -0.05) is 42.7 Å². The van der Waals surface area contributed by atoms with Gasteiger partial charge in [-0.15, -0.1) is 0 Å². The number of amides is 2. The van der Waals surface area contributed by atoms with Gasteiger partial charge in [0, 0.05) is 45.5 Å². The zero-order valence-electron chi connectivity index (χ0n) is 19.5. The molecule has 2 aliphatic rings. The minimum absolute atomic E-state index is 0.193. The van der Waals surface area contributed by atoms with Crippen LogP contribution in [-0.4, -0.2) is 76.9 Å². The van der Waals surface area contributed by atoms with E-state index >= 15 is 0 Å². The van der Waals surface area contributed by atoms with E-state index in [0.717, 1.165) is 37.1 Å². The van der Waals surface area contributed by atoms with Gasteiger partial charge in [0.2, 0.25) is 5.91 Å². The van der Waals surface area contributed by atoms with Crippen molar-refractivity contribution in [2.75, 3.05) is 45.8 Å². The van der Waals surface area contributed by atoms with Gasteiger partial charge in [-0.3, -0.25) is 19.3 Å². The summed E-state index contributed by atoms with van der Waals surface area (Å²) in [6, 6.07) is 11.4. The molecule has 176 valence electrons. The molecular weight excluding hydrogens is 416 g/mol. The highest BCUT2D eigenvalue weighted by molar-refractivity contribution is 5.94. The van der Waals surface area contributed by atoms with Gasteiger partial charge in [-0.05, 0) is 37.5 Å². The molecule has 2 saturated heterocycles. The Labute approximate surface area is 195 Å². The molecule has 2 amide bonds. The van der Waals surface area contributed by atoms with Crippen LogP contribution in [0, 0.1) is 6.92 Å². The quantitative estimate of drug-likeness (QED) is 0.702. The van der Waals surface area contributed by atoms with Crippen molar-refractivity contribution in [3.8, 4) is 0 Å². The molecule has 0 aliphatic carbocycles. The minimum atomic E-state index is -0.261. The maximum Gasteiger partial charge on any atom is 0.263 e. The predicted molar refractivity (Wildman–Crippen MR) is 128 cm³/mol. The van der Waals surface area contributed by atoms with Crippen LogP contribution < -0.4 is 5.56 Å². The monoisotopic (exact) mass is 450 g/mol. The van der Waals surface area contributed by atoms with Crippen molar-refractivity contribution in [1.29, 1.82) is 0 Å². The molecule has 0 saturated carbocycles. The molecular formula is C26H34N4O3. The zero-order valence-corrected chi connectivity index (χ0v) is 19.5. The molecule has 1 aromatic carbocycles. The second-order valence-corrected chi connectivity index (χ2v) is 9.21. The number of hydrogen-bond acceptors (Lipinski definition) is 4. The van der Waals surface area contributed by atoms with E-state index in [0.29, 0.717) is 39.3 Å². The van der Waals surface area contributed by atoms with E-state index in [9.17, 15) is 14.4 Å². The molecule has 2 aliphatic heterocycles. The Morgan fingerprint density at radius 2 is 1.58 bits per heavy atom. The van der Waals surface area contributed by atoms with Crippen LogP contribution in [0.2, 0.25) is 0 Å². The first-order valence-corrected chi connectivity index (χ1v) is 12.1. The molecule has 4 rings (SSSR count). The highest BCUT2D eigenvalue weighted by atomic mass is 16.2. The fourth-order valence-corrected chi connectivity index (χ4v) is 4.72. The molecule has 2 aromatic rings. The number of hydrogen-bond donors (Lipinski definition) is 0. The van der Waals surface area contributed by atoms with E-state index in [1.807, 2.05) is 36.1 Å². The SMILES string of the molecule is Cc1cccc(Cn2cccc(C(=O)N3CCN(CC(=O)N4CCCCCC4)CC3)c2=O)c1. The maximum absolute atomic E-state index is 13.1. The predicted octanol–water partition coefficient (Wildman–Crippen LogP) is 2.37. The van der Waals surface area contributed by atoms with Crippen LogP contribution in [0.1, 0.15) is 47.2 Å². The van der Waals surface area contributed by atoms with E-state index in [1.54, 1.807) is 27.8 Å². The summed E-state index contributed by atoms with van der Waals surface area (Å²) in [5.41, 5.74) is 2.12. The number of pyridine rings is 1. The summed E-state index contributed by atoms with van der Waals surface area (Å²) in [6.45, 7) is 6.94. The van der Waals surface area contributed by atoms with Gasteiger partial charge in [0.05, 0.1) is 13.1 Å². The van der Waals surface area contributed by atoms with Crippen molar-refractivity contribution >= 4 is 11.8 Å².